The van der Waals surface area contributed by atoms with Gasteiger partial charge in [-0.3, -0.25) is 9.78 Å². The Labute approximate surface area is 199 Å². The molecule has 12 heteroatoms. The lowest BCUT2D eigenvalue weighted by atomic mass is 10.1. The predicted octanol–water partition coefficient (Wildman–Crippen LogP) is 4.24. The Bertz CT molecular complexity index is 1250. The van der Waals surface area contributed by atoms with E-state index in [1.165, 1.54) is 36.5 Å². The normalized spacial score (nSPS) is 17.3. The fourth-order valence-corrected chi connectivity index (χ4v) is 5.08. The van der Waals surface area contributed by atoms with Crippen LogP contribution in [-0.2, 0) is 28.5 Å². The summed E-state index contributed by atoms with van der Waals surface area (Å²) in [5.41, 5.74) is -0.952. The van der Waals surface area contributed by atoms with Crippen molar-refractivity contribution in [2.24, 2.45) is 0 Å². The van der Waals surface area contributed by atoms with Crippen molar-refractivity contribution in [1.82, 2.24) is 19.6 Å². The van der Waals surface area contributed by atoms with Crippen LogP contribution in [0.3, 0.4) is 0 Å². The number of halogens is 5. The van der Waals surface area contributed by atoms with Gasteiger partial charge in [0.1, 0.15) is 28.5 Å². The molecule has 1 fully saturated rings. The van der Waals surface area contributed by atoms with Crippen LogP contribution in [0.5, 0.6) is 0 Å². The minimum atomic E-state index is -4.77. The molecular formula is C23H19F5N4O2S. The highest BCUT2D eigenvalue weighted by molar-refractivity contribution is 7.82. The standard InChI is InChI=1S/C23H19F5N4O2S/c24-15-3-5-16(6-4-15)35(34)32-11-1-2-19(32)22(33)30-13-14-9-10-29-18(12-14)17-7-8-20(23(26,27)28)31-21(17)25/h3-10,12,19H,1-2,11,13H2,(H,30,33). The molecule has 2 unspecified atom stereocenters. The lowest BCUT2D eigenvalue weighted by Crippen LogP contribution is -2.43. The summed E-state index contributed by atoms with van der Waals surface area (Å²) in [6.45, 7) is 0.471. The van der Waals surface area contributed by atoms with Crippen LogP contribution in [0.25, 0.3) is 11.3 Å². The lowest BCUT2D eigenvalue weighted by molar-refractivity contribution is -0.141. The van der Waals surface area contributed by atoms with Gasteiger partial charge in [0.15, 0.2) is 0 Å². The first-order valence-electron chi connectivity index (χ1n) is 10.5. The van der Waals surface area contributed by atoms with E-state index in [-0.39, 0.29) is 23.7 Å². The molecule has 1 aliphatic rings. The average molecular weight is 510 g/mol. The molecule has 1 N–H and O–H groups in total. The average Bonchev–Trinajstić information content (AvgIpc) is 3.32. The maximum Gasteiger partial charge on any atom is 0.433 e. The first-order chi connectivity index (χ1) is 16.6. The molecule has 4 rings (SSSR count). The van der Waals surface area contributed by atoms with Gasteiger partial charge in [0.25, 0.3) is 0 Å². The van der Waals surface area contributed by atoms with Crippen molar-refractivity contribution in [3.63, 3.8) is 0 Å². The van der Waals surface area contributed by atoms with Crippen LogP contribution in [0.1, 0.15) is 24.1 Å². The van der Waals surface area contributed by atoms with E-state index >= 15 is 0 Å². The van der Waals surface area contributed by atoms with Crippen LogP contribution in [0.2, 0.25) is 0 Å². The number of nitrogens with zero attached hydrogens (tertiary/aromatic N) is 3. The SMILES string of the molecule is O=C(NCc1ccnc(-c2ccc(C(F)(F)F)nc2F)c1)C1CCCN1S(=O)c1ccc(F)cc1. The minimum Gasteiger partial charge on any atom is -0.351 e. The third-order valence-corrected chi connectivity index (χ3v) is 6.98. The van der Waals surface area contributed by atoms with Crippen LogP contribution < -0.4 is 5.32 Å². The minimum absolute atomic E-state index is 0.0392. The fraction of sp³-hybridized carbons (Fsp3) is 0.261. The lowest BCUT2D eigenvalue weighted by Gasteiger charge is -2.22. The molecule has 1 saturated heterocycles. The topological polar surface area (TPSA) is 75.2 Å². The van der Waals surface area contributed by atoms with E-state index in [4.69, 9.17) is 0 Å². The molecule has 184 valence electrons. The number of benzene rings is 1. The maximum atomic E-state index is 14.2. The van der Waals surface area contributed by atoms with Crippen LogP contribution in [0.15, 0.2) is 59.6 Å². The second-order valence-corrected chi connectivity index (χ2v) is 9.24. The first-order valence-corrected chi connectivity index (χ1v) is 11.6. The van der Waals surface area contributed by atoms with Crippen molar-refractivity contribution < 1.29 is 31.0 Å². The molecule has 1 aliphatic heterocycles. The zero-order valence-corrected chi connectivity index (χ0v) is 18.9. The predicted molar refractivity (Wildman–Crippen MR) is 117 cm³/mol. The molecule has 1 amide bonds. The van der Waals surface area contributed by atoms with Crippen LogP contribution in [0.4, 0.5) is 22.0 Å². The summed E-state index contributed by atoms with van der Waals surface area (Å²) < 4.78 is 80.0. The van der Waals surface area contributed by atoms with Crippen molar-refractivity contribution >= 4 is 16.9 Å². The number of carbonyl (C=O) groups excluding carboxylic acids is 1. The third-order valence-electron chi connectivity index (χ3n) is 5.44. The van der Waals surface area contributed by atoms with Gasteiger partial charge in [0, 0.05) is 19.3 Å². The number of pyridine rings is 2. The maximum absolute atomic E-state index is 14.2. The van der Waals surface area contributed by atoms with E-state index in [9.17, 15) is 31.0 Å². The fourth-order valence-electron chi connectivity index (χ4n) is 3.71. The number of nitrogens with one attached hydrogen (secondary N) is 1. The molecule has 1 aromatic carbocycles. The van der Waals surface area contributed by atoms with Gasteiger partial charge in [-0.05, 0) is 66.9 Å². The Morgan fingerprint density at radius 2 is 1.86 bits per heavy atom. The zero-order valence-electron chi connectivity index (χ0n) is 18.1. The van der Waals surface area contributed by atoms with Gasteiger partial charge in [0.2, 0.25) is 11.9 Å². The smallest absolute Gasteiger partial charge is 0.351 e. The summed E-state index contributed by atoms with van der Waals surface area (Å²) >= 11 is 0. The summed E-state index contributed by atoms with van der Waals surface area (Å²) in [5.74, 6) is -2.12. The van der Waals surface area contributed by atoms with E-state index in [0.29, 0.717) is 35.9 Å². The van der Waals surface area contributed by atoms with E-state index in [1.807, 2.05) is 0 Å². The van der Waals surface area contributed by atoms with Gasteiger partial charge in [0.05, 0.1) is 16.2 Å². The van der Waals surface area contributed by atoms with E-state index in [1.54, 1.807) is 10.4 Å². The van der Waals surface area contributed by atoms with E-state index < -0.39 is 40.7 Å². The summed E-state index contributed by atoms with van der Waals surface area (Å²) in [6.07, 6.45) is -2.28. The molecular weight excluding hydrogens is 491 g/mol. The van der Waals surface area contributed by atoms with Crippen LogP contribution >= 0.6 is 0 Å². The number of aromatic nitrogens is 2. The summed E-state index contributed by atoms with van der Waals surface area (Å²) in [7, 11) is -1.64. The largest absolute Gasteiger partial charge is 0.433 e. The van der Waals surface area contributed by atoms with Gasteiger partial charge in [-0.1, -0.05) is 0 Å². The van der Waals surface area contributed by atoms with Crippen LogP contribution in [0, 0.1) is 11.8 Å². The quantitative estimate of drug-likeness (QED) is 0.398. The molecule has 2 aromatic heterocycles. The molecule has 35 heavy (non-hydrogen) atoms. The number of hydrogen-bond acceptors (Lipinski definition) is 4. The van der Waals surface area contributed by atoms with Gasteiger partial charge in [-0.2, -0.15) is 17.6 Å². The van der Waals surface area contributed by atoms with Crippen molar-refractivity contribution in [3.05, 3.63) is 77.8 Å². The van der Waals surface area contributed by atoms with Crippen molar-refractivity contribution in [2.75, 3.05) is 6.54 Å². The monoisotopic (exact) mass is 510 g/mol. The summed E-state index contributed by atoms with van der Waals surface area (Å²) in [4.78, 5) is 20.2. The second kappa shape index (κ2) is 10.2. The molecule has 6 nitrogen and oxygen atoms in total. The molecule has 0 saturated carbocycles. The third kappa shape index (κ3) is 5.70. The molecule has 0 radical (unpaired) electrons. The second-order valence-electron chi connectivity index (χ2n) is 7.80. The van der Waals surface area contributed by atoms with Crippen LogP contribution in [-0.4, -0.2) is 37.0 Å². The highest BCUT2D eigenvalue weighted by atomic mass is 32.2. The number of carbonyl (C=O) groups is 1. The Kier molecular flexibility index (Phi) is 7.22. The van der Waals surface area contributed by atoms with Crippen molar-refractivity contribution in [2.45, 2.75) is 36.5 Å². The van der Waals surface area contributed by atoms with Gasteiger partial charge < -0.3 is 5.32 Å². The molecule has 3 heterocycles. The zero-order chi connectivity index (χ0) is 25.2. The Morgan fingerprint density at radius 3 is 2.54 bits per heavy atom. The van der Waals surface area contributed by atoms with E-state index in [2.05, 4.69) is 15.3 Å². The number of alkyl halides is 3. The summed E-state index contributed by atoms with van der Waals surface area (Å²) in [5, 5.41) is 2.75. The highest BCUT2D eigenvalue weighted by Gasteiger charge is 2.35. The highest BCUT2D eigenvalue weighted by Crippen LogP contribution is 2.30. The Morgan fingerprint density at radius 1 is 1.11 bits per heavy atom. The van der Waals surface area contributed by atoms with Gasteiger partial charge in [-0.25, -0.2) is 17.9 Å². The first kappa shape index (κ1) is 24.9. The number of rotatable bonds is 6. The van der Waals surface area contributed by atoms with E-state index in [0.717, 1.165) is 6.07 Å². The van der Waals surface area contributed by atoms with Gasteiger partial charge in [-0.15, -0.1) is 0 Å². The number of hydrogen-bond donors (Lipinski definition) is 1. The molecule has 2 atom stereocenters. The summed E-state index contributed by atoms with van der Waals surface area (Å²) in [6, 6.07) is 9.21. The number of amides is 1. The molecule has 3 aromatic rings. The molecule has 0 spiro atoms. The van der Waals surface area contributed by atoms with Crippen molar-refractivity contribution in [3.8, 4) is 11.3 Å². The van der Waals surface area contributed by atoms with Crippen molar-refractivity contribution in [1.29, 1.82) is 0 Å². The molecule has 0 bridgehead atoms. The Balaban J connectivity index is 1.43. The molecule has 0 aliphatic carbocycles. The van der Waals surface area contributed by atoms with Gasteiger partial charge >= 0.3 is 6.18 Å². The Hall–Kier alpha value is -3.25.